The molecule has 4 rings (SSSR count). The van der Waals surface area contributed by atoms with E-state index in [9.17, 15) is 0 Å². The Hall–Kier alpha value is -3.45. The van der Waals surface area contributed by atoms with E-state index in [4.69, 9.17) is 4.74 Å². The fourth-order valence-electron chi connectivity index (χ4n) is 3.45. The SMILES string of the molecule is COc1ccccc1[C@@H](CNc1ncnc2c1cnn2-c1ccccc1)N(C)C. The lowest BCUT2D eigenvalue weighted by molar-refractivity contribution is 0.300. The number of aromatic nitrogens is 4. The zero-order valence-electron chi connectivity index (χ0n) is 16.8. The monoisotopic (exact) mass is 388 g/mol. The molecule has 148 valence electrons. The molecular weight excluding hydrogens is 364 g/mol. The van der Waals surface area contributed by atoms with Gasteiger partial charge in [0.15, 0.2) is 5.65 Å². The highest BCUT2D eigenvalue weighted by molar-refractivity contribution is 5.87. The summed E-state index contributed by atoms with van der Waals surface area (Å²) >= 11 is 0. The van der Waals surface area contributed by atoms with E-state index in [-0.39, 0.29) is 6.04 Å². The third kappa shape index (κ3) is 3.77. The predicted octanol–water partition coefficient (Wildman–Crippen LogP) is 3.54. The van der Waals surface area contributed by atoms with Gasteiger partial charge in [-0.15, -0.1) is 0 Å². The highest BCUT2D eigenvalue weighted by atomic mass is 16.5. The summed E-state index contributed by atoms with van der Waals surface area (Å²) in [7, 11) is 5.81. The van der Waals surface area contributed by atoms with Gasteiger partial charge in [0.2, 0.25) is 0 Å². The van der Waals surface area contributed by atoms with E-state index in [1.807, 2.05) is 53.2 Å². The largest absolute Gasteiger partial charge is 0.496 e. The van der Waals surface area contributed by atoms with E-state index in [1.165, 1.54) is 0 Å². The molecule has 0 fully saturated rings. The quantitative estimate of drug-likeness (QED) is 0.522. The van der Waals surface area contributed by atoms with Crippen molar-refractivity contribution >= 4 is 16.9 Å². The van der Waals surface area contributed by atoms with E-state index in [1.54, 1.807) is 19.6 Å². The number of hydrogen-bond donors (Lipinski definition) is 1. The Bertz CT molecular complexity index is 1090. The first-order chi connectivity index (χ1) is 14.2. The van der Waals surface area contributed by atoms with Crippen LogP contribution >= 0.6 is 0 Å². The molecule has 2 heterocycles. The number of rotatable bonds is 7. The van der Waals surface area contributed by atoms with Crippen LogP contribution in [0.5, 0.6) is 5.75 Å². The van der Waals surface area contributed by atoms with Gasteiger partial charge in [-0.1, -0.05) is 36.4 Å². The van der Waals surface area contributed by atoms with Crippen LogP contribution in [0, 0.1) is 0 Å². The summed E-state index contributed by atoms with van der Waals surface area (Å²) in [5.74, 6) is 1.64. The van der Waals surface area contributed by atoms with Crippen LogP contribution in [0.1, 0.15) is 11.6 Å². The van der Waals surface area contributed by atoms with Gasteiger partial charge in [-0.05, 0) is 32.3 Å². The molecule has 7 nitrogen and oxygen atoms in total. The van der Waals surface area contributed by atoms with E-state index in [0.717, 1.165) is 33.9 Å². The summed E-state index contributed by atoms with van der Waals surface area (Å²) in [6.07, 6.45) is 3.37. The molecule has 0 saturated heterocycles. The van der Waals surface area contributed by atoms with E-state index in [0.29, 0.717) is 6.54 Å². The summed E-state index contributed by atoms with van der Waals surface area (Å²) in [4.78, 5) is 11.1. The van der Waals surface area contributed by atoms with E-state index in [2.05, 4.69) is 45.4 Å². The lowest BCUT2D eigenvalue weighted by Gasteiger charge is -2.26. The minimum atomic E-state index is 0.111. The fourth-order valence-corrected chi connectivity index (χ4v) is 3.45. The van der Waals surface area contributed by atoms with E-state index >= 15 is 0 Å². The molecule has 1 atom stereocenters. The zero-order valence-corrected chi connectivity index (χ0v) is 16.8. The molecule has 29 heavy (non-hydrogen) atoms. The maximum atomic E-state index is 5.56. The fraction of sp³-hybridized carbons (Fsp3) is 0.227. The molecule has 4 aromatic rings. The molecule has 2 aromatic carbocycles. The van der Waals surface area contributed by atoms with Crippen LogP contribution in [0.3, 0.4) is 0 Å². The minimum Gasteiger partial charge on any atom is -0.496 e. The highest BCUT2D eigenvalue weighted by Crippen LogP contribution is 2.29. The Morgan fingerprint density at radius 2 is 1.79 bits per heavy atom. The van der Waals surface area contributed by atoms with Crippen LogP contribution in [-0.4, -0.2) is 52.4 Å². The van der Waals surface area contributed by atoms with Gasteiger partial charge in [0, 0.05) is 12.1 Å². The average molecular weight is 388 g/mol. The number of benzene rings is 2. The summed E-state index contributed by atoms with van der Waals surface area (Å²) in [5.41, 5.74) is 2.86. The van der Waals surface area contributed by atoms with Crippen LogP contribution in [0.2, 0.25) is 0 Å². The number of ether oxygens (including phenoxy) is 1. The van der Waals surface area contributed by atoms with Crippen molar-refractivity contribution < 1.29 is 4.74 Å². The first kappa shape index (κ1) is 18.9. The average Bonchev–Trinajstić information content (AvgIpc) is 3.19. The van der Waals surface area contributed by atoms with Gasteiger partial charge < -0.3 is 15.0 Å². The number of methoxy groups -OCH3 is 1. The summed E-state index contributed by atoms with van der Waals surface area (Å²) in [5, 5.41) is 8.88. The van der Waals surface area contributed by atoms with Gasteiger partial charge in [0.1, 0.15) is 17.9 Å². The first-order valence-corrected chi connectivity index (χ1v) is 9.46. The second-order valence-electron chi connectivity index (χ2n) is 6.95. The molecule has 7 heteroatoms. The minimum absolute atomic E-state index is 0.111. The lowest BCUT2D eigenvalue weighted by Crippen LogP contribution is -2.27. The topological polar surface area (TPSA) is 68.1 Å². The summed E-state index contributed by atoms with van der Waals surface area (Å²) < 4.78 is 7.38. The third-order valence-electron chi connectivity index (χ3n) is 4.95. The molecule has 1 N–H and O–H groups in total. The molecule has 0 radical (unpaired) electrons. The Morgan fingerprint density at radius 3 is 2.55 bits per heavy atom. The number of anilines is 1. The van der Waals surface area contributed by atoms with Gasteiger partial charge in [0.25, 0.3) is 0 Å². The van der Waals surface area contributed by atoms with Crippen LogP contribution in [0.15, 0.2) is 67.1 Å². The van der Waals surface area contributed by atoms with Crippen LogP contribution in [-0.2, 0) is 0 Å². The predicted molar refractivity (Wildman–Crippen MR) is 115 cm³/mol. The maximum absolute atomic E-state index is 5.56. The molecule has 2 aromatic heterocycles. The second-order valence-corrected chi connectivity index (χ2v) is 6.95. The molecule has 0 unspecified atom stereocenters. The zero-order chi connectivity index (χ0) is 20.2. The summed E-state index contributed by atoms with van der Waals surface area (Å²) in [6.45, 7) is 0.663. The Kier molecular flexibility index (Phi) is 5.39. The highest BCUT2D eigenvalue weighted by Gasteiger charge is 2.19. The normalized spacial score (nSPS) is 12.3. The molecule has 0 amide bonds. The Balaban J connectivity index is 1.63. The number of hydrogen-bond acceptors (Lipinski definition) is 6. The molecule has 0 spiro atoms. The van der Waals surface area contributed by atoms with Crippen molar-refractivity contribution in [3.05, 3.63) is 72.7 Å². The number of fused-ring (bicyclic) bond motifs is 1. The van der Waals surface area contributed by atoms with Crippen molar-refractivity contribution in [1.29, 1.82) is 0 Å². The van der Waals surface area contributed by atoms with Crippen LogP contribution in [0.4, 0.5) is 5.82 Å². The Morgan fingerprint density at radius 1 is 1.03 bits per heavy atom. The first-order valence-electron chi connectivity index (χ1n) is 9.46. The van der Waals surface area contributed by atoms with Gasteiger partial charge in [-0.2, -0.15) is 5.10 Å². The maximum Gasteiger partial charge on any atom is 0.168 e. The number of nitrogens with one attached hydrogen (secondary N) is 1. The van der Waals surface area contributed by atoms with Crippen molar-refractivity contribution in [3.8, 4) is 11.4 Å². The van der Waals surface area contributed by atoms with Crippen molar-refractivity contribution in [2.75, 3.05) is 33.1 Å². The van der Waals surface area contributed by atoms with Crippen molar-refractivity contribution in [2.24, 2.45) is 0 Å². The summed E-state index contributed by atoms with van der Waals surface area (Å²) in [6, 6.07) is 18.2. The van der Waals surface area contributed by atoms with Crippen molar-refractivity contribution in [1.82, 2.24) is 24.6 Å². The molecule has 0 bridgehead atoms. The molecule has 0 saturated carbocycles. The number of likely N-dealkylation sites (N-methyl/N-ethyl adjacent to an activating group) is 1. The van der Waals surface area contributed by atoms with Crippen LogP contribution in [0.25, 0.3) is 16.7 Å². The van der Waals surface area contributed by atoms with Gasteiger partial charge in [-0.25, -0.2) is 14.6 Å². The van der Waals surface area contributed by atoms with Crippen molar-refractivity contribution in [3.63, 3.8) is 0 Å². The second kappa shape index (κ2) is 8.28. The smallest absolute Gasteiger partial charge is 0.168 e. The number of para-hydroxylation sites is 2. The molecular formula is C22H24N6O. The molecule has 0 aliphatic heterocycles. The van der Waals surface area contributed by atoms with E-state index < -0.39 is 0 Å². The van der Waals surface area contributed by atoms with Crippen molar-refractivity contribution in [2.45, 2.75) is 6.04 Å². The van der Waals surface area contributed by atoms with Gasteiger partial charge in [-0.3, -0.25) is 0 Å². The Labute approximate surface area is 170 Å². The van der Waals surface area contributed by atoms with Gasteiger partial charge >= 0.3 is 0 Å². The lowest BCUT2D eigenvalue weighted by atomic mass is 10.0. The third-order valence-corrected chi connectivity index (χ3v) is 4.95. The molecule has 0 aliphatic carbocycles. The van der Waals surface area contributed by atoms with Gasteiger partial charge in [0.05, 0.1) is 30.4 Å². The van der Waals surface area contributed by atoms with Crippen LogP contribution < -0.4 is 10.1 Å². The number of nitrogens with zero attached hydrogens (tertiary/aromatic N) is 5. The molecule has 0 aliphatic rings. The standard InChI is InChI=1S/C22H24N6O/c1-27(2)19(17-11-7-8-12-20(17)29-3)14-23-21-18-13-26-28(22(18)25-15-24-21)16-9-5-4-6-10-16/h4-13,15,19H,14H2,1-3H3,(H,23,24,25)/t19-/m1/s1.